The average molecular weight is 251 g/mol. The standard InChI is InChI=1S/C12H13NO5/c1-7(2)17-12(14)11-10(18-11)8-3-5-9(6-4-8)13(15)16/h3-7,10-11H,1-2H3/t10-,11-/m0/s1. The largest absolute Gasteiger partial charge is 0.461 e. The number of rotatable bonds is 4. The topological polar surface area (TPSA) is 82.0 Å². The first-order chi connectivity index (χ1) is 8.49. The van der Waals surface area contributed by atoms with Crippen molar-refractivity contribution >= 4 is 11.7 Å². The third-order valence-corrected chi connectivity index (χ3v) is 2.51. The molecule has 1 fully saturated rings. The maximum absolute atomic E-state index is 11.5. The van der Waals surface area contributed by atoms with Crippen LogP contribution in [0.15, 0.2) is 24.3 Å². The molecule has 1 aromatic rings. The van der Waals surface area contributed by atoms with Gasteiger partial charge in [-0.3, -0.25) is 10.1 Å². The normalized spacial score (nSPS) is 21.7. The quantitative estimate of drug-likeness (QED) is 0.353. The van der Waals surface area contributed by atoms with Gasteiger partial charge in [0, 0.05) is 12.1 Å². The Morgan fingerprint density at radius 1 is 1.39 bits per heavy atom. The summed E-state index contributed by atoms with van der Waals surface area (Å²) in [4.78, 5) is 21.5. The predicted octanol–water partition coefficient (Wildman–Crippen LogP) is 1.99. The molecule has 0 N–H and O–H groups in total. The van der Waals surface area contributed by atoms with Crippen molar-refractivity contribution in [1.29, 1.82) is 0 Å². The highest BCUT2D eigenvalue weighted by molar-refractivity contribution is 5.78. The molecule has 0 radical (unpaired) electrons. The van der Waals surface area contributed by atoms with Crippen molar-refractivity contribution < 1.29 is 19.2 Å². The predicted molar refractivity (Wildman–Crippen MR) is 61.9 cm³/mol. The van der Waals surface area contributed by atoms with Gasteiger partial charge in [0.2, 0.25) is 0 Å². The van der Waals surface area contributed by atoms with Crippen LogP contribution in [0.1, 0.15) is 25.5 Å². The summed E-state index contributed by atoms with van der Waals surface area (Å²) in [6.07, 6.45) is -1.12. The maximum Gasteiger partial charge on any atom is 0.338 e. The Morgan fingerprint density at radius 2 is 2.00 bits per heavy atom. The van der Waals surface area contributed by atoms with E-state index >= 15 is 0 Å². The van der Waals surface area contributed by atoms with Crippen LogP contribution >= 0.6 is 0 Å². The van der Waals surface area contributed by atoms with Gasteiger partial charge >= 0.3 is 5.97 Å². The van der Waals surface area contributed by atoms with Gasteiger partial charge in [-0.25, -0.2) is 4.79 Å². The summed E-state index contributed by atoms with van der Waals surface area (Å²) in [5.41, 5.74) is 0.756. The second-order valence-corrected chi connectivity index (χ2v) is 4.31. The highest BCUT2D eigenvalue weighted by Crippen LogP contribution is 2.40. The molecule has 2 rings (SSSR count). The first-order valence-electron chi connectivity index (χ1n) is 5.59. The van der Waals surface area contributed by atoms with Crippen LogP contribution in [0, 0.1) is 10.1 Å². The molecule has 1 aromatic carbocycles. The summed E-state index contributed by atoms with van der Waals surface area (Å²) >= 11 is 0. The summed E-state index contributed by atoms with van der Waals surface area (Å²) in [7, 11) is 0. The summed E-state index contributed by atoms with van der Waals surface area (Å²) in [6, 6.07) is 5.96. The van der Waals surface area contributed by atoms with E-state index in [2.05, 4.69) is 0 Å². The van der Waals surface area contributed by atoms with E-state index in [-0.39, 0.29) is 17.9 Å². The summed E-state index contributed by atoms with van der Waals surface area (Å²) in [5, 5.41) is 10.5. The molecule has 0 aromatic heterocycles. The Kier molecular flexibility index (Phi) is 3.29. The summed E-state index contributed by atoms with van der Waals surface area (Å²) in [6.45, 7) is 3.53. The lowest BCUT2D eigenvalue weighted by Crippen LogP contribution is -2.17. The number of epoxide rings is 1. The van der Waals surface area contributed by atoms with Crippen molar-refractivity contribution in [3.05, 3.63) is 39.9 Å². The SMILES string of the molecule is CC(C)OC(=O)[C@H]1O[C@H]1c1ccc([N+](=O)[O-])cc1. The van der Waals surface area contributed by atoms with Gasteiger partial charge in [0.1, 0.15) is 6.10 Å². The Hall–Kier alpha value is -1.95. The number of nitro groups is 1. The van der Waals surface area contributed by atoms with Gasteiger partial charge in [-0.05, 0) is 31.5 Å². The van der Waals surface area contributed by atoms with Crippen LogP contribution in [0.2, 0.25) is 0 Å². The van der Waals surface area contributed by atoms with Crippen molar-refractivity contribution in [1.82, 2.24) is 0 Å². The minimum Gasteiger partial charge on any atom is -0.461 e. The van der Waals surface area contributed by atoms with E-state index < -0.39 is 17.0 Å². The fourth-order valence-corrected chi connectivity index (χ4v) is 1.63. The maximum atomic E-state index is 11.5. The number of nitro benzene ring substituents is 1. The van der Waals surface area contributed by atoms with Gasteiger partial charge in [-0.2, -0.15) is 0 Å². The number of hydrogen-bond donors (Lipinski definition) is 0. The Bertz CT molecular complexity index is 468. The van der Waals surface area contributed by atoms with Crippen molar-refractivity contribution in [2.75, 3.05) is 0 Å². The molecule has 0 amide bonds. The van der Waals surface area contributed by atoms with Crippen LogP contribution in [0.4, 0.5) is 5.69 Å². The second-order valence-electron chi connectivity index (χ2n) is 4.31. The van der Waals surface area contributed by atoms with E-state index in [0.29, 0.717) is 0 Å². The molecule has 1 saturated heterocycles. The molecular formula is C12H13NO5. The molecule has 18 heavy (non-hydrogen) atoms. The first-order valence-corrected chi connectivity index (χ1v) is 5.59. The number of benzene rings is 1. The number of esters is 1. The number of ether oxygens (including phenoxy) is 2. The zero-order valence-electron chi connectivity index (χ0n) is 10.0. The molecule has 6 nitrogen and oxygen atoms in total. The van der Waals surface area contributed by atoms with Crippen LogP contribution < -0.4 is 0 Å². The van der Waals surface area contributed by atoms with E-state index in [1.807, 2.05) is 0 Å². The molecule has 6 heteroatoms. The fourth-order valence-electron chi connectivity index (χ4n) is 1.63. The average Bonchev–Trinajstić information content (AvgIpc) is 3.08. The van der Waals surface area contributed by atoms with Crippen LogP contribution in [0.5, 0.6) is 0 Å². The lowest BCUT2D eigenvalue weighted by molar-refractivity contribution is -0.384. The third kappa shape index (κ3) is 2.65. The third-order valence-electron chi connectivity index (χ3n) is 2.51. The van der Waals surface area contributed by atoms with Crippen LogP contribution in [-0.4, -0.2) is 23.1 Å². The van der Waals surface area contributed by atoms with Crippen molar-refractivity contribution in [3.63, 3.8) is 0 Å². The lowest BCUT2D eigenvalue weighted by Gasteiger charge is -2.05. The molecule has 2 atom stereocenters. The number of non-ortho nitro benzene ring substituents is 1. The van der Waals surface area contributed by atoms with E-state index in [1.165, 1.54) is 12.1 Å². The molecule has 1 heterocycles. The Morgan fingerprint density at radius 3 is 2.50 bits per heavy atom. The van der Waals surface area contributed by atoms with Crippen molar-refractivity contribution in [2.24, 2.45) is 0 Å². The molecule has 0 unspecified atom stereocenters. The van der Waals surface area contributed by atoms with Gasteiger partial charge in [0.05, 0.1) is 11.0 Å². The van der Waals surface area contributed by atoms with Gasteiger partial charge < -0.3 is 9.47 Å². The number of carbonyl (C=O) groups is 1. The van der Waals surface area contributed by atoms with Crippen molar-refractivity contribution in [3.8, 4) is 0 Å². The van der Waals surface area contributed by atoms with E-state index in [1.54, 1.807) is 26.0 Å². The highest BCUT2D eigenvalue weighted by Gasteiger charge is 2.47. The van der Waals surface area contributed by atoms with Gasteiger partial charge in [-0.15, -0.1) is 0 Å². The smallest absolute Gasteiger partial charge is 0.338 e. The summed E-state index contributed by atoms with van der Waals surface area (Å²) in [5.74, 6) is -0.395. The van der Waals surface area contributed by atoms with Crippen molar-refractivity contribution in [2.45, 2.75) is 32.2 Å². The van der Waals surface area contributed by atoms with Gasteiger partial charge in [-0.1, -0.05) is 0 Å². The van der Waals surface area contributed by atoms with Gasteiger partial charge in [0.25, 0.3) is 5.69 Å². The van der Waals surface area contributed by atoms with Crippen LogP contribution in [0.3, 0.4) is 0 Å². The molecule has 0 spiro atoms. The monoisotopic (exact) mass is 251 g/mol. The lowest BCUT2D eigenvalue weighted by atomic mass is 10.1. The number of carbonyl (C=O) groups excluding carboxylic acids is 1. The van der Waals surface area contributed by atoms with Gasteiger partial charge in [0.15, 0.2) is 6.10 Å². The fraction of sp³-hybridized carbons (Fsp3) is 0.417. The molecular weight excluding hydrogens is 238 g/mol. The van der Waals surface area contributed by atoms with E-state index in [9.17, 15) is 14.9 Å². The summed E-state index contributed by atoms with van der Waals surface area (Å²) < 4.78 is 10.2. The second kappa shape index (κ2) is 4.73. The first kappa shape index (κ1) is 12.5. The molecule has 0 bridgehead atoms. The van der Waals surface area contributed by atoms with Crippen LogP contribution in [0.25, 0.3) is 0 Å². The van der Waals surface area contributed by atoms with Crippen LogP contribution in [-0.2, 0) is 14.3 Å². The minimum absolute atomic E-state index is 0.0145. The minimum atomic E-state index is -0.589. The van der Waals surface area contributed by atoms with E-state index in [4.69, 9.17) is 9.47 Å². The molecule has 1 aliphatic rings. The van der Waals surface area contributed by atoms with E-state index in [0.717, 1.165) is 5.56 Å². The molecule has 96 valence electrons. The molecule has 0 aliphatic carbocycles. The number of nitrogens with zero attached hydrogens (tertiary/aromatic N) is 1. The zero-order chi connectivity index (χ0) is 13.3. The Labute approximate surface area is 104 Å². The highest BCUT2D eigenvalue weighted by atomic mass is 16.6. The number of hydrogen-bond acceptors (Lipinski definition) is 5. The zero-order valence-corrected chi connectivity index (χ0v) is 10.0. The molecule has 0 saturated carbocycles. The Balaban J connectivity index is 1.99. The molecule has 1 aliphatic heterocycles.